The molecule has 1 unspecified atom stereocenters. The van der Waals surface area contributed by atoms with Gasteiger partial charge in [-0.2, -0.15) is 0 Å². The summed E-state index contributed by atoms with van der Waals surface area (Å²) in [6, 6.07) is 13.1. The predicted octanol–water partition coefficient (Wildman–Crippen LogP) is 3.11. The molecule has 3 heteroatoms. The monoisotopic (exact) mass is 283 g/mol. The number of aryl methyl sites for hydroxylation is 2. The summed E-state index contributed by atoms with van der Waals surface area (Å²) in [6.45, 7) is 0. The second-order valence-corrected chi connectivity index (χ2v) is 5.33. The maximum Gasteiger partial charge on any atom is 0.161 e. The Labute approximate surface area is 125 Å². The molecule has 0 aromatic heterocycles. The van der Waals surface area contributed by atoms with E-state index in [4.69, 9.17) is 9.47 Å². The molecule has 0 radical (unpaired) electrons. The van der Waals surface area contributed by atoms with Gasteiger partial charge >= 0.3 is 0 Å². The molecule has 3 nitrogen and oxygen atoms in total. The van der Waals surface area contributed by atoms with Crippen molar-refractivity contribution in [2.24, 2.45) is 0 Å². The molecule has 21 heavy (non-hydrogen) atoms. The fourth-order valence-corrected chi connectivity index (χ4v) is 3.21. The number of ether oxygens (including phenoxy) is 2. The van der Waals surface area contributed by atoms with Gasteiger partial charge < -0.3 is 14.8 Å². The lowest BCUT2D eigenvalue weighted by Gasteiger charge is -2.21. The van der Waals surface area contributed by atoms with E-state index in [1.54, 1.807) is 14.2 Å². The van der Waals surface area contributed by atoms with Gasteiger partial charge in [0.1, 0.15) is 0 Å². The highest BCUT2D eigenvalue weighted by molar-refractivity contribution is 5.53. The number of benzene rings is 2. The van der Waals surface area contributed by atoms with E-state index in [0.717, 1.165) is 24.3 Å². The molecule has 0 heterocycles. The Morgan fingerprint density at radius 1 is 0.905 bits per heavy atom. The lowest BCUT2D eigenvalue weighted by atomic mass is 9.94. The standard InChI is InChI=1S/C18H21NO2/c1-19-18-14-7-5-4-6-12(14)8-9-13-10-16(20-2)17(21-3)11-15(13)18/h4-7,10-11,18-19H,8-9H2,1-3H3. The minimum absolute atomic E-state index is 0.193. The summed E-state index contributed by atoms with van der Waals surface area (Å²) in [5.41, 5.74) is 5.36. The van der Waals surface area contributed by atoms with Crippen molar-refractivity contribution in [3.8, 4) is 11.5 Å². The fraction of sp³-hybridized carbons (Fsp3) is 0.333. The third kappa shape index (κ3) is 2.38. The summed E-state index contributed by atoms with van der Waals surface area (Å²) in [5.74, 6) is 1.59. The van der Waals surface area contributed by atoms with Crippen LogP contribution < -0.4 is 14.8 Å². The van der Waals surface area contributed by atoms with Crippen molar-refractivity contribution < 1.29 is 9.47 Å². The predicted molar refractivity (Wildman–Crippen MR) is 84.3 cm³/mol. The van der Waals surface area contributed by atoms with Gasteiger partial charge in [0.25, 0.3) is 0 Å². The van der Waals surface area contributed by atoms with Crippen LogP contribution in [0.15, 0.2) is 36.4 Å². The zero-order valence-electron chi connectivity index (χ0n) is 12.8. The molecule has 0 spiro atoms. The highest BCUT2D eigenvalue weighted by Crippen LogP contribution is 2.38. The minimum atomic E-state index is 0.193. The quantitative estimate of drug-likeness (QED) is 0.939. The van der Waals surface area contributed by atoms with Crippen LogP contribution in [0.3, 0.4) is 0 Å². The molecule has 1 N–H and O–H groups in total. The molecule has 2 aromatic rings. The Hall–Kier alpha value is -2.00. The first-order chi connectivity index (χ1) is 10.3. The Morgan fingerprint density at radius 2 is 1.57 bits per heavy atom. The van der Waals surface area contributed by atoms with E-state index in [9.17, 15) is 0 Å². The largest absolute Gasteiger partial charge is 0.493 e. The van der Waals surface area contributed by atoms with E-state index in [1.807, 2.05) is 7.05 Å². The van der Waals surface area contributed by atoms with Crippen LogP contribution in [-0.4, -0.2) is 21.3 Å². The van der Waals surface area contributed by atoms with Crippen LogP contribution in [0, 0.1) is 0 Å². The smallest absolute Gasteiger partial charge is 0.161 e. The number of nitrogens with one attached hydrogen (secondary N) is 1. The van der Waals surface area contributed by atoms with Gasteiger partial charge in [-0.05, 0) is 54.3 Å². The van der Waals surface area contributed by atoms with Gasteiger partial charge in [0, 0.05) is 0 Å². The van der Waals surface area contributed by atoms with E-state index in [-0.39, 0.29) is 6.04 Å². The molecule has 110 valence electrons. The third-order valence-corrected chi connectivity index (χ3v) is 4.27. The number of hydrogen-bond donors (Lipinski definition) is 1. The summed E-state index contributed by atoms with van der Waals surface area (Å²) in [4.78, 5) is 0. The van der Waals surface area contributed by atoms with Gasteiger partial charge in [-0.3, -0.25) is 0 Å². The molecule has 1 aliphatic rings. The number of rotatable bonds is 3. The lowest BCUT2D eigenvalue weighted by Crippen LogP contribution is -2.19. The van der Waals surface area contributed by atoms with Crippen LogP contribution in [0.5, 0.6) is 11.5 Å². The molecule has 0 fully saturated rings. The summed E-state index contributed by atoms with van der Waals surface area (Å²) >= 11 is 0. The topological polar surface area (TPSA) is 30.5 Å². The first-order valence-corrected chi connectivity index (χ1v) is 7.28. The van der Waals surface area contributed by atoms with Gasteiger partial charge in [-0.1, -0.05) is 24.3 Å². The number of hydrogen-bond acceptors (Lipinski definition) is 3. The minimum Gasteiger partial charge on any atom is -0.493 e. The molecule has 1 atom stereocenters. The van der Waals surface area contributed by atoms with Crippen LogP contribution >= 0.6 is 0 Å². The second kappa shape index (κ2) is 5.78. The fourth-order valence-electron chi connectivity index (χ4n) is 3.21. The highest BCUT2D eigenvalue weighted by atomic mass is 16.5. The maximum absolute atomic E-state index is 5.47. The Kier molecular flexibility index (Phi) is 3.84. The lowest BCUT2D eigenvalue weighted by molar-refractivity contribution is 0.353. The maximum atomic E-state index is 5.47. The molecule has 0 aliphatic heterocycles. The van der Waals surface area contributed by atoms with Crippen molar-refractivity contribution in [3.05, 3.63) is 58.7 Å². The van der Waals surface area contributed by atoms with Crippen LogP contribution in [-0.2, 0) is 12.8 Å². The van der Waals surface area contributed by atoms with Gasteiger partial charge in [-0.25, -0.2) is 0 Å². The van der Waals surface area contributed by atoms with Crippen LogP contribution in [0.1, 0.15) is 28.3 Å². The van der Waals surface area contributed by atoms with Gasteiger partial charge in [0.05, 0.1) is 20.3 Å². The van der Waals surface area contributed by atoms with E-state index in [2.05, 4.69) is 41.7 Å². The van der Waals surface area contributed by atoms with E-state index < -0.39 is 0 Å². The van der Waals surface area contributed by atoms with Crippen molar-refractivity contribution in [1.29, 1.82) is 0 Å². The molecule has 0 bridgehead atoms. The highest BCUT2D eigenvalue weighted by Gasteiger charge is 2.24. The van der Waals surface area contributed by atoms with Crippen molar-refractivity contribution >= 4 is 0 Å². The molecular formula is C18H21NO2. The van der Waals surface area contributed by atoms with Crippen molar-refractivity contribution in [2.45, 2.75) is 18.9 Å². The second-order valence-electron chi connectivity index (χ2n) is 5.33. The number of methoxy groups -OCH3 is 2. The summed E-state index contributed by atoms with van der Waals surface area (Å²) in [6.07, 6.45) is 2.07. The van der Waals surface area contributed by atoms with Crippen molar-refractivity contribution in [3.63, 3.8) is 0 Å². The molecule has 0 saturated carbocycles. The van der Waals surface area contributed by atoms with E-state index in [0.29, 0.717) is 0 Å². The number of fused-ring (bicyclic) bond motifs is 2. The van der Waals surface area contributed by atoms with Crippen molar-refractivity contribution in [1.82, 2.24) is 5.32 Å². The Bertz CT molecular complexity index is 652. The van der Waals surface area contributed by atoms with Gasteiger partial charge in [0.2, 0.25) is 0 Å². The van der Waals surface area contributed by atoms with E-state index >= 15 is 0 Å². The average Bonchev–Trinajstić information content (AvgIpc) is 2.69. The van der Waals surface area contributed by atoms with Crippen molar-refractivity contribution in [2.75, 3.05) is 21.3 Å². The van der Waals surface area contributed by atoms with Crippen LogP contribution in [0.2, 0.25) is 0 Å². The van der Waals surface area contributed by atoms with E-state index in [1.165, 1.54) is 22.3 Å². The third-order valence-electron chi connectivity index (χ3n) is 4.27. The zero-order valence-corrected chi connectivity index (χ0v) is 12.8. The van der Waals surface area contributed by atoms with Crippen LogP contribution in [0.4, 0.5) is 0 Å². The zero-order chi connectivity index (χ0) is 14.8. The molecule has 0 saturated heterocycles. The summed E-state index contributed by atoms with van der Waals surface area (Å²) in [7, 11) is 5.38. The SMILES string of the molecule is CNC1c2ccccc2CCc2cc(OC)c(OC)cc21. The van der Waals surface area contributed by atoms with Gasteiger partial charge in [0.15, 0.2) is 11.5 Å². The van der Waals surface area contributed by atoms with Gasteiger partial charge in [-0.15, -0.1) is 0 Å². The average molecular weight is 283 g/mol. The molecule has 1 aliphatic carbocycles. The first-order valence-electron chi connectivity index (χ1n) is 7.28. The summed E-state index contributed by atoms with van der Waals surface area (Å²) < 4.78 is 10.9. The molecule has 2 aromatic carbocycles. The Balaban J connectivity index is 2.18. The molecule has 0 amide bonds. The Morgan fingerprint density at radius 3 is 2.29 bits per heavy atom. The normalized spacial score (nSPS) is 16.6. The van der Waals surface area contributed by atoms with Crippen LogP contribution in [0.25, 0.3) is 0 Å². The first kappa shape index (κ1) is 14.0. The summed E-state index contributed by atoms with van der Waals surface area (Å²) in [5, 5.41) is 3.45. The molecule has 3 rings (SSSR count). The molecular weight excluding hydrogens is 262 g/mol.